The van der Waals surface area contributed by atoms with Crippen LogP contribution < -0.4 is 11.0 Å². The molecule has 0 spiro atoms. The summed E-state index contributed by atoms with van der Waals surface area (Å²) in [5.74, 6) is -1.93. The minimum atomic E-state index is -4.06. The first-order valence-corrected chi connectivity index (χ1v) is 15.6. The summed E-state index contributed by atoms with van der Waals surface area (Å²) in [5.41, 5.74) is 2.14. The van der Waals surface area contributed by atoms with E-state index in [1.54, 1.807) is 54.9 Å². The van der Waals surface area contributed by atoms with Crippen LogP contribution in [0.15, 0.2) is 76.8 Å². The van der Waals surface area contributed by atoms with Crippen LogP contribution in [0.4, 0.5) is 0 Å². The van der Waals surface area contributed by atoms with Gasteiger partial charge in [0, 0.05) is 36.3 Å². The van der Waals surface area contributed by atoms with E-state index in [1.165, 1.54) is 40.9 Å². The molecule has 0 aliphatic carbocycles. The molecule has 5 rings (SSSR count). The summed E-state index contributed by atoms with van der Waals surface area (Å²) in [4.78, 5) is 47.0. The number of nitrogens with one attached hydrogen (secondary N) is 1. The Labute approximate surface area is 246 Å². The first kappa shape index (κ1) is 29.5. The second-order valence-electron chi connectivity index (χ2n) is 10.3. The molecule has 0 saturated carbocycles. The van der Waals surface area contributed by atoms with Crippen LogP contribution in [0.5, 0.6) is 0 Å². The standard InChI is InChI=1S/C28H30N6O6S2/c1-4-32-22-8-6-14-30-24(22)34(27(32)38)19-11-9-18(10-12-19)15-21(26(36)37)31-25(35)23-28(2,3)41-17-33(23)42(39,40)20-7-5-13-29-16-20/h5-14,16,21,23H,4,15,17H2,1-3H3,(H,31,35)(H,36,37)/t21-,23+/m0/s1. The average molecular weight is 611 g/mol. The number of carbonyl (C=O) groups is 2. The number of benzene rings is 1. The maximum Gasteiger partial charge on any atom is 0.334 e. The maximum absolute atomic E-state index is 13.5. The van der Waals surface area contributed by atoms with Crippen molar-refractivity contribution >= 4 is 44.8 Å². The van der Waals surface area contributed by atoms with Crippen molar-refractivity contribution in [1.29, 1.82) is 0 Å². The third-order valence-corrected chi connectivity index (χ3v) is 10.6. The molecular formula is C28H30N6O6S2. The lowest BCUT2D eigenvalue weighted by molar-refractivity contribution is -0.142. The van der Waals surface area contributed by atoms with E-state index in [-0.39, 0.29) is 22.9 Å². The molecule has 4 heterocycles. The van der Waals surface area contributed by atoms with Gasteiger partial charge in [0.2, 0.25) is 15.9 Å². The molecule has 1 fully saturated rings. The average Bonchev–Trinajstić information content (AvgIpc) is 3.45. The van der Waals surface area contributed by atoms with Crippen LogP contribution in [0, 0.1) is 0 Å². The summed E-state index contributed by atoms with van der Waals surface area (Å²) in [6.45, 7) is 5.85. The van der Waals surface area contributed by atoms with Gasteiger partial charge < -0.3 is 10.4 Å². The van der Waals surface area contributed by atoms with Crippen LogP contribution in [0.3, 0.4) is 0 Å². The number of carboxylic acid groups (broad SMARTS) is 1. The minimum Gasteiger partial charge on any atom is -0.480 e. The van der Waals surface area contributed by atoms with Crippen LogP contribution in [0.2, 0.25) is 0 Å². The number of fused-ring (bicyclic) bond motifs is 1. The van der Waals surface area contributed by atoms with Gasteiger partial charge >= 0.3 is 11.7 Å². The molecule has 14 heteroatoms. The molecular weight excluding hydrogens is 580 g/mol. The van der Waals surface area contributed by atoms with Gasteiger partial charge in [0.25, 0.3) is 0 Å². The number of hydrogen-bond acceptors (Lipinski definition) is 8. The number of nitrogens with zero attached hydrogens (tertiary/aromatic N) is 5. The fourth-order valence-corrected chi connectivity index (χ4v) is 8.24. The van der Waals surface area contributed by atoms with E-state index in [0.29, 0.717) is 29.0 Å². The van der Waals surface area contributed by atoms with Crippen molar-refractivity contribution in [1.82, 2.24) is 28.7 Å². The summed E-state index contributed by atoms with van der Waals surface area (Å²) in [6, 6.07) is 10.8. The Balaban J connectivity index is 1.38. The molecule has 0 unspecified atom stereocenters. The smallest absolute Gasteiger partial charge is 0.334 e. The van der Waals surface area contributed by atoms with Gasteiger partial charge in [0.05, 0.1) is 17.1 Å². The zero-order chi connectivity index (χ0) is 30.2. The summed E-state index contributed by atoms with van der Waals surface area (Å²) in [5, 5.41) is 12.5. The number of aryl methyl sites for hydroxylation is 1. The molecule has 1 aromatic carbocycles. The van der Waals surface area contributed by atoms with Crippen LogP contribution >= 0.6 is 11.8 Å². The first-order valence-electron chi connectivity index (χ1n) is 13.2. The second kappa shape index (κ2) is 11.3. The molecule has 3 aromatic heterocycles. The van der Waals surface area contributed by atoms with Crippen molar-refractivity contribution in [3.63, 3.8) is 0 Å². The third-order valence-electron chi connectivity index (χ3n) is 7.26. The number of pyridine rings is 2. The van der Waals surface area contributed by atoms with Crippen LogP contribution in [-0.4, -0.2) is 71.5 Å². The Morgan fingerprint density at radius 3 is 2.50 bits per heavy atom. The number of carboxylic acids is 1. The largest absolute Gasteiger partial charge is 0.480 e. The van der Waals surface area contributed by atoms with Gasteiger partial charge in [-0.05, 0) is 62.7 Å². The van der Waals surface area contributed by atoms with Crippen molar-refractivity contribution in [2.24, 2.45) is 0 Å². The van der Waals surface area contributed by atoms with Crippen LogP contribution in [0.25, 0.3) is 16.9 Å². The number of sulfonamides is 1. The van der Waals surface area contributed by atoms with Gasteiger partial charge in [-0.15, -0.1) is 11.8 Å². The lowest BCUT2D eigenvalue weighted by Crippen LogP contribution is -2.56. The molecule has 2 N–H and O–H groups in total. The topological polar surface area (TPSA) is 156 Å². The number of amides is 1. The third kappa shape index (κ3) is 5.32. The van der Waals surface area contributed by atoms with Crippen molar-refractivity contribution < 1.29 is 23.1 Å². The highest BCUT2D eigenvalue weighted by molar-refractivity contribution is 8.02. The predicted octanol–water partition coefficient (Wildman–Crippen LogP) is 2.26. The maximum atomic E-state index is 13.5. The van der Waals surface area contributed by atoms with Gasteiger partial charge in [0.1, 0.15) is 17.0 Å². The van der Waals surface area contributed by atoms with Crippen LogP contribution in [-0.2, 0) is 32.6 Å². The summed E-state index contributed by atoms with van der Waals surface area (Å²) in [6.07, 6.45) is 4.23. The number of aromatic nitrogens is 4. The Kier molecular flexibility index (Phi) is 7.96. The zero-order valence-corrected chi connectivity index (χ0v) is 24.8. The number of aliphatic carboxylic acids is 1. The minimum absolute atomic E-state index is 0.0319. The Hall–Kier alpha value is -4.01. The predicted molar refractivity (Wildman–Crippen MR) is 158 cm³/mol. The fraction of sp³-hybridized carbons (Fsp3) is 0.321. The van der Waals surface area contributed by atoms with E-state index in [9.17, 15) is 27.9 Å². The van der Waals surface area contributed by atoms with E-state index in [0.717, 1.165) is 4.31 Å². The molecule has 42 heavy (non-hydrogen) atoms. The highest BCUT2D eigenvalue weighted by atomic mass is 32.2. The van der Waals surface area contributed by atoms with Gasteiger partial charge in [-0.3, -0.25) is 14.3 Å². The zero-order valence-electron chi connectivity index (χ0n) is 23.2. The van der Waals surface area contributed by atoms with Gasteiger partial charge in [-0.1, -0.05) is 12.1 Å². The number of rotatable bonds is 9. The number of hydrogen-bond donors (Lipinski definition) is 2. The van der Waals surface area contributed by atoms with E-state index >= 15 is 0 Å². The van der Waals surface area contributed by atoms with Crippen molar-refractivity contribution in [3.05, 3.63) is 83.2 Å². The van der Waals surface area contributed by atoms with E-state index in [2.05, 4.69) is 15.3 Å². The SMILES string of the molecule is CCn1c(=O)n(-c2ccc(C[C@H](NC(=O)[C@H]3N(S(=O)(=O)c4cccnc4)CSC3(C)C)C(=O)O)cc2)c2ncccc21. The molecule has 1 amide bonds. The number of thioether (sulfide) groups is 1. The number of imidazole rings is 1. The molecule has 2 atom stereocenters. The Morgan fingerprint density at radius 2 is 1.86 bits per heavy atom. The van der Waals surface area contributed by atoms with Crippen molar-refractivity contribution in [3.8, 4) is 5.69 Å². The fourth-order valence-electron chi connectivity index (χ4n) is 5.11. The lowest BCUT2D eigenvalue weighted by atomic mass is 10.0. The monoisotopic (exact) mass is 610 g/mol. The van der Waals surface area contributed by atoms with Gasteiger partial charge in [0.15, 0.2) is 5.65 Å². The summed E-state index contributed by atoms with van der Waals surface area (Å²) >= 11 is 1.29. The molecule has 0 bridgehead atoms. The van der Waals surface area contributed by atoms with Gasteiger partial charge in [-0.25, -0.2) is 27.6 Å². The Bertz CT molecular complexity index is 1800. The highest BCUT2D eigenvalue weighted by Crippen LogP contribution is 2.42. The highest BCUT2D eigenvalue weighted by Gasteiger charge is 2.51. The summed E-state index contributed by atoms with van der Waals surface area (Å²) < 4.78 is 30.1. The number of carbonyl (C=O) groups excluding carboxylic acids is 1. The normalized spacial score (nSPS) is 17.7. The first-order chi connectivity index (χ1) is 20.0. The van der Waals surface area contributed by atoms with E-state index in [1.807, 2.05) is 13.0 Å². The van der Waals surface area contributed by atoms with Gasteiger partial charge in [-0.2, -0.15) is 4.31 Å². The molecule has 220 valence electrons. The molecule has 1 aliphatic heterocycles. The lowest BCUT2D eigenvalue weighted by Gasteiger charge is -2.30. The van der Waals surface area contributed by atoms with E-state index in [4.69, 9.17) is 0 Å². The molecule has 0 radical (unpaired) electrons. The second-order valence-corrected chi connectivity index (χ2v) is 13.8. The molecule has 1 saturated heterocycles. The van der Waals surface area contributed by atoms with Crippen molar-refractivity contribution in [2.75, 3.05) is 5.88 Å². The molecule has 1 aliphatic rings. The molecule has 4 aromatic rings. The van der Waals surface area contributed by atoms with Crippen molar-refractivity contribution in [2.45, 2.75) is 55.5 Å². The quantitative estimate of drug-likeness (QED) is 0.290. The Morgan fingerprint density at radius 1 is 1.14 bits per heavy atom. The van der Waals surface area contributed by atoms with E-state index < -0.39 is 38.7 Å². The molecule has 12 nitrogen and oxygen atoms in total. The van der Waals surface area contributed by atoms with Crippen LogP contribution in [0.1, 0.15) is 26.3 Å². The summed E-state index contributed by atoms with van der Waals surface area (Å²) in [7, 11) is -4.06.